The molecule has 0 bridgehead atoms. The van der Waals surface area contributed by atoms with Gasteiger partial charge in [0.15, 0.2) is 11.5 Å². The number of phenolic OH excluding ortho intramolecular Hbond substituents is 1. The molecule has 2 aliphatic rings. The number of hydrogen-bond acceptors (Lipinski definition) is 6. The zero-order valence-electron chi connectivity index (χ0n) is 20.4. The van der Waals surface area contributed by atoms with Crippen LogP contribution in [-0.4, -0.2) is 57.1 Å². The molecule has 0 aliphatic carbocycles. The van der Waals surface area contributed by atoms with Crippen LogP contribution in [0.5, 0.6) is 28.7 Å². The molecule has 35 heavy (non-hydrogen) atoms. The maximum Gasteiger partial charge on any atom is 0.160 e. The van der Waals surface area contributed by atoms with Gasteiger partial charge in [-0.25, -0.2) is 0 Å². The number of aromatic hydroxyl groups is 1. The normalized spacial score (nSPS) is 19.6. The van der Waals surface area contributed by atoms with Gasteiger partial charge in [0.2, 0.25) is 0 Å². The van der Waals surface area contributed by atoms with Crippen molar-refractivity contribution in [2.24, 2.45) is 0 Å². The van der Waals surface area contributed by atoms with Gasteiger partial charge in [-0.15, -0.1) is 0 Å². The van der Waals surface area contributed by atoms with Gasteiger partial charge in [0.25, 0.3) is 0 Å². The van der Waals surface area contributed by atoms with Crippen molar-refractivity contribution in [3.8, 4) is 28.7 Å². The Morgan fingerprint density at radius 3 is 2.37 bits per heavy atom. The summed E-state index contributed by atoms with van der Waals surface area (Å²) in [6, 6.07) is 19.7. The molecule has 6 nitrogen and oxygen atoms in total. The second kappa shape index (κ2) is 10.5. The number of rotatable bonds is 8. The lowest BCUT2D eigenvalue weighted by molar-refractivity contribution is 0.237. The van der Waals surface area contributed by atoms with E-state index in [1.165, 1.54) is 25.9 Å². The maximum absolute atomic E-state index is 10.3. The molecule has 2 aliphatic heterocycles. The molecule has 1 saturated heterocycles. The molecule has 1 fully saturated rings. The summed E-state index contributed by atoms with van der Waals surface area (Å²) in [5.41, 5.74) is 3.21. The van der Waals surface area contributed by atoms with Crippen molar-refractivity contribution in [2.75, 3.05) is 47.1 Å². The van der Waals surface area contributed by atoms with Crippen LogP contribution < -0.4 is 18.9 Å². The van der Waals surface area contributed by atoms with Crippen LogP contribution in [0.25, 0.3) is 0 Å². The summed E-state index contributed by atoms with van der Waals surface area (Å²) in [6.45, 7) is 4.54. The highest BCUT2D eigenvalue weighted by Crippen LogP contribution is 2.48. The van der Waals surface area contributed by atoms with E-state index in [-0.39, 0.29) is 17.6 Å². The second-order valence-corrected chi connectivity index (χ2v) is 9.20. The van der Waals surface area contributed by atoms with Crippen LogP contribution in [-0.2, 0) is 0 Å². The lowest BCUT2D eigenvalue weighted by Crippen LogP contribution is -2.25. The van der Waals surface area contributed by atoms with Gasteiger partial charge in [0.1, 0.15) is 23.9 Å². The summed E-state index contributed by atoms with van der Waals surface area (Å²) in [7, 11) is 3.28. The predicted octanol–water partition coefficient (Wildman–Crippen LogP) is 5.19. The van der Waals surface area contributed by atoms with Crippen molar-refractivity contribution in [1.29, 1.82) is 0 Å². The molecule has 3 aromatic rings. The number of fused-ring (bicyclic) bond motifs is 1. The lowest BCUT2D eigenvalue weighted by atomic mass is 9.75. The van der Waals surface area contributed by atoms with Gasteiger partial charge in [-0.2, -0.15) is 0 Å². The summed E-state index contributed by atoms with van der Waals surface area (Å²) < 4.78 is 23.2. The number of hydrogen-bond donors (Lipinski definition) is 1. The zero-order valence-corrected chi connectivity index (χ0v) is 20.4. The Hall–Kier alpha value is -3.38. The number of nitrogens with zero attached hydrogens (tertiary/aromatic N) is 1. The van der Waals surface area contributed by atoms with Crippen LogP contribution >= 0.6 is 0 Å². The highest BCUT2D eigenvalue weighted by atomic mass is 16.5. The molecule has 3 aromatic carbocycles. The van der Waals surface area contributed by atoms with E-state index in [2.05, 4.69) is 23.1 Å². The summed E-state index contributed by atoms with van der Waals surface area (Å²) >= 11 is 0. The Morgan fingerprint density at radius 1 is 0.886 bits per heavy atom. The van der Waals surface area contributed by atoms with E-state index in [1.807, 2.05) is 36.4 Å². The quantitative estimate of drug-likeness (QED) is 0.484. The smallest absolute Gasteiger partial charge is 0.160 e. The molecule has 0 spiro atoms. The molecule has 0 amide bonds. The molecule has 6 heteroatoms. The number of likely N-dealkylation sites (tertiary alicyclic amines) is 1. The van der Waals surface area contributed by atoms with E-state index in [1.54, 1.807) is 20.3 Å². The largest absolute Gasteiger partial charge is 0.508 e. The fraction of sp³-hybridized carbons (Fsp3) is 0.379. The van der Waals surface area contributed by atoms with E-state index in [4.69, 9.17) is 18.9 Å². The van der Waals surface area contributed by atoms with E-state index in [0.717, 1.165) is 34.7 Å². The summed E-state index contributed by atoms with van der Waals surface area (Å²) in [5, 5.41) is 10.3. The van der Waals surface area contributed by atoms with Crippen molar-refractivity contribution < 1.29 is 24.1 Å². The topological polar surface area (TPSA) is 60.4 Å². The number of benzene rings is 3. The third kappa shape index (κ3) is 5.03. The monoisotopic (exact) mass is 475 g/mol. The molecule has 0 aromatic heterocycles. The van der Waals surface area contributed by atoms with Crippen molar-refractivity contribution in [2.45, 2.75) is 24.7 Å². The minimum atomic E-state index is 0.00241. The molecule has 5 rings (SSSR count). The molecule has 1 N–H and O–H groups in total. The van der Waals surface area contributed by atoms with Gasteiger partial charge in [-0.1, -0.05) is 18.2 Å². The fourth-order valence-electron chi connectivity index (χ4n) is 5.26. The van der Waals surface area contributed by atoms with Gasteiger partial charge < -0.3 is 24.1 Å². The Labute approximate surface area is 207 Å². The van der Waals surface area contributed by atoms with E-state index in [0.29, 0.717) is 24.7 Å². The standard InChI is InChI=1S/C29H33NO5/c1-32-27-11-7-21(17-28(27)33-2)25-19-35-26-12-8-22(31)18-24(26)29(25)20-5-9-23(10-6-20)34-16-15-30-13-3-4-14-30/h5-12,17-18,25,29,31H,3-4,13-16,19H2,1-2H3/t25-,29+/m0/s1. The molecular weight excluding hydrogens is 442 g/mol. The van der Waals surface area contributed by atoms with Crippen molar-refractivity contribution in [3.05, 3.63) is 77.4 Å². The van der Waals surface area contributed by atoms with Gasteiger partial charge in [-0.3, -0.25) is 4.90 Å². The highest BCUT2D eigenvalue weighted by Gasteiger charge is 2.34. The molecule has 2 atom stereocenters. The van der Waals surface area contributed by atoms with E-state index in [9.17, 15) is 5.11 Å². The average molecular weight is 476 g/mol. The third-order valence-corrected chi connectivity index (χ3v) is 7.10. The first-order valence-corrected chi connectivity index (χ1v) is 12.3. The number of phenols is 1. The van der Waals surface area contributed by atoms with Crippen LogP contribution in [0.2, 0.25) is 0 Å². The minimum absolute atomic E-state index is 0.00241. The third-order valence-electron chi connectivity index (χ3n) is 7.10. The summed E-state index contributed by atoms with van der Waals surface area (Å²) in [6.07, 6.45) is 2.58. The molecule has 2 heterocycles. The first-order valence-electron chi connectivity index (χ1n) is 12.3. The summed E-state index contributed by atoms with van der Waals surface area (Å²) in [4.78, 5) is 2.45. The van der Waals surface area contributed by atoms with E-state index >= 15 is 0 Å². The lowest BCUT2D eigenvalue weighted by Gasteiger charge is -2.35. The van der Waals surface area contributed by atoms with Crippen LogP contribution in [0.3, 0.4) is 0 Å². The Kier molecular flexibility index (Phi) is 7.00. The van der Waals surface area contributed by atoms with Crippen molar-refractivity contribution in [3.63, 3.8) is 0 Å². The number of methoxy groups -OCH3 is 2. The van der Waals surface area contributed by atoms with Crippen LogP contribution in [0.15, 0.2) is 60.7 Å². The predicted molar refractivity (Wildman–Crippen MR) is 135 cm³/mol. The van der Waals surface area contributed by atoms with Crippen LogP contribution in [0.1, 0.15) is 41.4 Å². The SMILES string of the molecule is COc1ccc([C@@H]2COc3ccc(O)cc3[C@H]2c2ccc(OCCN3CCCC3)cc2)cc1OC. The first-order chi connectivity index (χ1) is 17.2. The number of ether oxygens (including phenoxy) is 4. The first kappa shape index (κ1) is 23.4. The second-order valence-electron chi connectivity index (χ2n) is 9.20. The molecule has 0 unspecified atom stereocenters. The van der Waals surface area contributed by atoms with E-state index < -0.39 is 0 Å². The average Bonchev–Trinajstić information content (AvgIpc) is 3.41. The summed E-state index contributed by atoms with van der Waals surface area (Å²) in [5.74, 6) is 3.32. The van der Waals surface area contributed by atoms with Crippen molar-refractivity contribution >= 4 is 0 Å². The molecule has 0 radical (unpaired) electrons. The molecule has 0 saturated carbocycles. The Bertz CT molecular complexity index is 1140. The van der Waals surface area contributed by atoms with Crippen LogP contribution in [0, 0.1) is 0 Å². The Morgan fingerprint density at radius 2 is 1.63 bits per heavy atom. The van der Waals surface area contributed by atoms with Gasteiger partial charge in [-0.05, 0) is 79.5 Å². The minimum Gasteiger partial charge on any atom is -0.508 e. The van der Waals surface area contributed by atoms with Crippen LogP contribution in [0.4, 0.5) is 0 Å². The van der Waals surface area contributed by atoms with Gasteiger partial charge in [0, 0.05) is 23.9 Å². The molecular formula is C29H33NO5. The van der Waals surface area contributed by atoms with Gasteiger partial charge >= 0.3 is 0 Å². The fourth-order valence-corrected chi connectivity index (χ4v) is 5.26. The maximum atomic E-state index is 10.3. The highest BCUT2D eigenvalue weighted by molar-refractivity contribution is 5.52. The Balaban J connectivity index is 1.43. The molecule has 184 valence electrons. The van der Waals surface area contributed by atoms with Gasteiger partial charge in [0.05, 0.1) is 20.8 Å². The van der Waals surface area contributed by atoms with Crippen molar-refractivity contribution in [1.82, 2.24) is 4.90 Å². The zero-order chi connectivity index (χ0) is 24.2.